The molecule has 0 N–H and O–H groups in total. The Kier molecular flexibility index (Phi) is 5.57. The summed E-state index contributed by atoms with van der Waals surface area (Å²) in [5.74, 6) is 1.78. The van der Waals surface area contributed by atoms with E-state index in [1.54, 1.807) is 15.5 Å². The van der Waals surface area contributed by atoms with Crippen molar-refractivity contribution in [2.45, 2.75) is 32.8 Å². The molecule has 1 atom stereocenters. The number of amides is 2. The third-order valence-electron chi connectivity index (χ3n) is 6.31. The summed E-state index contributed by atoms with van der Waals surface area (Å²) in [6.07, 6.45) is 1.79. The maximum atomic E-state index is 12.9. The molecule has 2 aromatic heterocycles. The fraction of sp³-hybridized carbons (Fsp3) is 0.435. The van der Waals surface area contributed by atoms with Crippen molar-refractivity contribution in [3.63, 3.8) is 0 Å². The zero-order chi connectivity index (χ0) is 22.9. The van der Waals surface area contributed by atoms with Crippen molar-refractivity contribution < 1.29 is 19.1 Å². The lowest BCUT2D eigenvalue weighted by atomic mass is 10.1. The van der Waals surface area contributed by atoms with Crippen LogP contribution >= 0.6 is 0 Å². The highest BCUT2D eigenvalue weighted by Gasteiger charge is 2.33. The summed E-state index contributed by atoms with van der Waals surface area (Å²) in [6, 6.07) is 7.34. The molecule has 2 aliphatic heterocycles. The number of ether oxygens (including phenoxy) is 2. The predicted octanol–water partition coefficient (Wildman–Crippen LogP) is 1.18. The van der Waals surface area contributed by atoms with Crippen molar-refractivity contribution in [1.29, 1.82) is 0 Å². The Labute approximate surface area is 191 Å². The topological polar surface area (TPSA) is 102 Å². The van der Waals surface area contributed by atoms with E-state index in [0.29, 0.717) is 56.3 Å². The van der Waals surface area contributed by atoms with Crippen molar-refractivity contribution in [3.05, 3.63) is 47.5 Å². The van der Waals surface area contributed by atoms with Crippen LogP contribution in [0.3, 0.4) is 0 Å². The van der Waals surface area contributed by atoms with Gasteiger partial charge in [0.2, 0.25) is 12.0 Å². The van der Waals surface area contributed by atoms with Crippen LogP contribution in [0, 0.1) is 13.8 Å². The van der Waals surface area contributed by atoms with Crippen molar-refractivity contribution in [3.8, 4) is 11.5 Å². The zero-order valence-corrected chi connectivity index (χ0v) is 18.7. The molecule has 0 aliphatic carbocycles. The molecule has 5 rings (SSSR count). The molecule has 2 aliphatic rings. The number of carbonyl (C=O) groups excluding carboxylic acids is 2. The molecule has 1 aromatic carbocycles. The van der Waals surface area contributed by atoms with Crippen LogP contribution in [0.1, 0.15) is 23.4 Å². The van der Waals surface area contributed by atoms with Crippen LogP contribution in [0.2, 0.25) is 0 Å². The van der Waals surface area contributed by atoms with Gasteiger partial charge in [-0.3, -0.25) is 9.59 Å². The van der Waals surface area contributed by atoms with Gasteiger partial charge in [0.05, 0.1) is 0 Å². The van der Waals surface area contributed by atoms with Crippen LogP contribution in [0.4, 0.5) is 0 Å². The zero-order valence-electron chi connectivity index (χ0n) is 18.7. The average molecular weight is 450 g/mol. The fourth-order valence-corrected chi connectivity index (χ4v) is 4.43. The monoisotopic (exact) mass is 450 g/mol. The summed E-state index contributed by atoms with van der Waals surface area (Å²) < 4.78 is 13.2. The van der Waals surface area contributed by atoms with Gasteiger partial charge in [-0.1, -0.05) is 12.1 Å². The van der Waals surface area contributed by atoms with Crippen LogP contribution in [-0.4, -0.2) is 80.1 Å². The smallest absolute Gasteiger partial charge is 0.267 e. The van der Waals surface area contributed by atoms with Gasteiger partial charge in [0.1, 0.15) is 12.9 Å². The Hall–Kier alpha value is -3.69. The number of aryl methyl sites for hydroxylation is 2. The van der Waals surface area contributed by atoms with Crippen LogP contribution in [-0.2, 0) is 16.0 Å². The quantitative estimate of drug-likeness (QED) is 0.588. The largest absolute Gasteiger partial charge is 0.485 e. The number of aromatic nitrogens is 4. The van der Waals surface area contributed by atoms with Crippen molar-refractivity contribution in [1.82, 2.24) is 29.4 Å². The number of hydrogen-bond acceptors (Lipinski definition) is 7. The van der Waals surface area contributed by atoms with Gasteiger partial charge in [-0.25, -0.2) is 9.50 Å². The van der Waals surface area contributed by atoms with Crippen LogP contribution in [0.15, 0.2) is 30.6 Å². The van der Waals surface area contributed by atoms with E-state index in [1.807, 2.05) is 36.9 Å². The Bertz CT molecular complexity index is 1200. The third kappa shape index (κ3) is 4.08. The summed E-state index contributed by atoms with van der Waals surface area (Å²) >= 11 is 0. The second-order valence-corrected chi connectivity index (χ2v) is 8.30. The molecule has 3 aromatic rings. The lowest BCUT2D eigenvalue weighted by molar-refractivity contribution is -0.146. The normalized spacial score (nSPS) is 17.9. The maximum absolute atomic E-state index is 12.9. The van der Waals surface area contributed by atoms with Crippen LogP contribution in [0.25, 0.3) is 5.78 Å². The first kappa shape index (κ1) is 21.2. The molecule has 0 radical (unpaired) electrons. The van der Waals surface area contributed by atoms with Crippen LogP contribution < -0.4 is 9.47 Å². The van der Waals surface area contributed by atoms with E-state index in [0.717, 1.165) is 17.0 Å². The van der Waals surface area contributed by atoms with E-state index in [4.69, 9.17) is 9.47 Å². The summed E-state index contributed by atoms with van der Waals surface area (Å²) in [5.41, 5.74) is 2.84. The van der Waals surface area contributed by atoms with Gasteiger partial charge < -0.3 is 19.3 Å². The summed E-state index contributed by atoms with van der Waals surface area (Å²) in [7, 11) is 0. The molecule has 4 heterocycles. The molecular weight excluding hydrogens is 424 g/mol. The fourth-order valence-electron chi connectivity index (χ4n) is 4.43. The Balaban J connectivity index is 1.15. The Morgan fingerprint density at radius 2 is 1.79 bits per heavy atom. The number of para-hydroxylation sites is 2. The number of piperazine rings is 1. The molecule has 33 heavy (non-hydrogen) atoms. The van der Waals surface area contributed by atoms with Gasteiger partial charge in [-0.15, -0.1) is 0 Å². The van der Waals surface area contributed by atoms with E-state index in [-0.39, 0.29) is 18.4 Å². The highest BCUT2D eigenvalue weighted by Crippen LogP contribution is 2.31. The summed E-state index contributed by atoms with van der Waals surface area (Å²) in [6.45, 7) is 6.07. The van der Waals surface area contributed by atoms with E-state index in [2.05, 4.69) is 15.1 Å². The molecule has 1 fully saturated rings. The van der Waals surface area contributed by atoms with Gasteiger partial charge in [0.15, 0.2) is 11.5 Å². The van der Waals surface area contributed by atoms with Gasteiger partial charge in [-0.2, -0.15) is 10.1 Å². The highest BCUT2D eigenvalue weighted by atomic mass is 16.6. The van der Waals surface area contributed by atoms with E-state index in [1.165, 1.54) is 6.33 Å². The molecule has 2 amide bonds. The molecule has 172 valence electrons. The first-order valence-electron chi connectivity index (χ1n) is 11.1. The molecule has 1 saturated heterocycles. The Morgan fingerprint density at radius 1 is 1.06 bits per heavy atom. The van der Waals surface area contributed by atoms with E-state index < -0.39 is 6.10 Å². The lowest BCUT2D eigenvalue weighted by Gasteiger charge is -2.37. The first-order valence-corrected chi connectivity index (χ1v) is 11.1. The lowest BCUT2D eigenvalue weighted by Crippen LogP contribution is -2.55. The van der Waals surface area contributed by atoms with Crippen molar-refractivity contribution in [2.24, 2.45) is 0 Å². The molecule has 1 unspecified atom stereocenters. The number of benzene rings is 1. The highest BCUT2D eigenvalue weighted by molar-refractivity contribution is 5.82. The van der Waals surface area contributed by atoms with Gasteiger partial charge in [0.25, 0.3) is 11.7 Å². The number of hydrogen-bond donors (Lipinski definition) is 0. The Morgan fingerprint density at radius 3 is 2.58 bits per heavy atom. The second-order valence-electron chi connectivity index (χ2n) is 8.30. The number of nitrogens with zero attached hydrogens (tertiary/aromatic N) is 6. The standard InChI is InChI=1S/C23H26N6O4/c1-15-17(16(2)29-23(26-15)24-14-25-29)7-8-21(30)27-9-11-28(12-10-27)22(31)20-13-32-18-5-3-4-6-19(18)33-20/h3-6,14,20H,7-13H2,1-2H3. The van der Waals surface area contributed by atoms with Gasteiger partial charge in [-0.05, 0) is 38.0 Å². The van der Waals surface area contributed by atoms with E-state index in [9.17, 15) is 9.59 Å². The third-order valence-corrected chi connectivity index (χ3v) is 6.31. The van der Waals surface area contributed by atoms with Crippen molar-refractivity contribution >= 4 is 17.6 Å². The molecule has 0 spiro atoms. The average Bonchev–Trinajstić information content (AvgIpc) is 3.31. The number of fused-ring (bicyclic) bond motifs is 2. The summed E-state index contributed by atoms with van der Waals surface area (Å²) in [5, 5.41) is 4.20. The minimum absolute atomic E-state index is 0.0748. The minimum atomic E-state index is -0.660. The maximum Gasteiger partial charge on any atom is 0.267 e. The van der Waals surface area contributed by atoms with Gasteiger partial charge >= 0.3 is 0 Å². The molecule has 10 heteroatoms. The van der Waals surface area contributed by atoms with E-state index >= 15 is 0 Å². The molecule has 0 bridgehead atoms. The van der Waals surface area contributed by atoms with Gasteiger partial charge in [0, 0.05) is 44.0 Å². The van der Waals surface area contributed by atoms with Crippen molar-refractivity contribution in [2.75, 3.05) is 32.8 Å². The summed E-state index contributed by atoms with van der Waals surface area (Å²) in [4.78, 5) is 37.9. The number of rotatable bonds is 4. The SMILES string of the molecule is Cc1nc2ncnn2c(C)c1CCC(=O)N1CCN(C(=O)C2COc3ccccc3O2)CC1. The molecule has 10 nitrogen and oxygen atoms in total. The first-order chi connectivity index (χ1) is 16.0. The minimum Gasteiger partial charge on any atom is -0.485 e. The molecule has 0 saturated carbocycles. The predicted molar refractivity (Wildman–Crippen MR) is 118 cm³/mol. The number of carbonyl (C=O) groups is 2. The second kappa shape index (κ2) is 8.68. The molecular formula is C23H26N6O4. The van der Waals surface area contributed by atoms with Crippen LogP contribution in [0.5, 0.6) is 11.5 Å².